The third-order valence-corrected chi connectivity index (χ3v) is 2.12. The van der Waals surface area contributed by atoms with E-state index in [0.29, 0.717) is 0 Å². The Morgan fingerprint density at radius 3 is 2.46 bits per heavy atom. The molecule has 0 bridgehead atoms. The van der Waals surface area contributed by atoms with Crippen LogP contribution in [-0.4, -0.2) is 10.9 Å². The summed E-state index contributed by atoms with van der Waals surface area (Å²) in [5.74, 6) is -4.17. The van der Waals surface area contributed by atoms with Gasteiger partial charge in [-0.25, -0.2) is 4.39 Å². The Balaban J connectivity index is 3.50. The molecular formula is C8H5BrF2O2. The van der Waals surface area contributed by atoms with Gasteiger partial charge in [-0.2, -0.15) is 4.39 Å². The van der Waals surface area contributed by atoms with Crippen LogP contribution in [-0.2, 0) is 0 Å². The summed E-state index contributed by atoms with van der Waals surface area (Å²) in [5.41, 5.74) is -0.387. The topological polar surface area (TPSA) is 37.3 Å². The molecule has 0 unspecified atom stereocenters. The highest BCUT2D eigenvalue weighted by Crippen LogP contribution is 2.30. The van der Waals surface area contributed by atoms with Crippen molar-refractivity contribution in [2.45, 2.75) is 6.92 Å². The Labute approximate surface area is 81.3 Å². The number of benzene rings is 1. The van der Waals surface area contributed by atoms with E-state index in [-0.39, 0.29) is 10.0 Å². The van der Waals surface area contributed by atoms with Crippen LogP contribution in [0.15, 0.2) is 10.5 Å². The van der Waals surface area contributed by atoms with Crippen LogP contribution in [0.25, 0.3) is 0 Å². The largest absolute Gasteiger partial charge is 0.504 e. The number of phenols is 1. The van der Waals surface area contributed by atoms with E-state index in [0.717, 1.165) is 13.0 Å². The van der Waals surface area contributed by atoms with Crippen LogP contribution < -0.4 is 0 Å². The number of aromatic hydroxyl groups is 1. The minimum atomic E-state index is -1.42. The highest BCUT2D eigenvalue weighted by Gasteiger charge is 2.18. The van der Waals surface area contributed by atoms with E-state index in [2.05, 4.69) is 15.9 Å². The van der Waals surface area contributed by atoms with Crippen molar-refractivity contribution >= 4 is 21.7 Å². The summed E-state index contributed by atoms with van der Waals surface area (Å²) >= 11 is 2.79. The van der Waals surface area contributed by atoms with Gasteiger partial charge < -0.3 is 5.11 Å². The monoisotopic (exact) mass is 250 g/mol. The Hall–Kier alpha value is -0.970. The number of hydrogen-bond donors (Lipinski definition) is 1. The predicted octanol–water partition coefficient (Wildman–Crippen LogP) is 2.64. The third-order valence-electron chi connectivity index (χ3n) is 1.51. The maximum absolute atomic E-state index is 12.9. The van der Waals surface area contributed by atoms with Gasteiger partial charge in [0.1, 0.15) is 0 Å². The van der Waals surface area contributed by atoms with Gasteiger partial charge in [-0.3, -0.25) is 4.79 Å². The van der Waals surface area contributed by atoms with E-state index in [4.69, 9.17) is 5.11 Å². The van der Waals surface area contributed by atoms with E-state index in [1.807, 2.05) is 0 Å². The van der Waals surface area contributed by atoms with Crippen LogP contribution in [0.3, 0.4) is 0 Å². The van der Waals surface area contributed by atoms with Gasteiger partial charge in [-0.15, -0.1) is 0 Å². The molecule has 0 aliphatic carbocycles. The zero-order valence-corrected chi connectivity index (χ0v) is 8.15. The van der Waals surface area contributed by atoms with E-state index >= 15 is 0 Å². The van der Waals surface area contributed by atoms with E-state index in [1.165, 1.54) is 0 Å². The fraction of sp³-hybridized carbons (Fsp3) is 0.125. The van der Waals surface area contributed by atoms with Gasteiger partial charge in [0.05, 0.1) is 10.0 Å². The van der Waals surface area contributed by atoms with Crippen LogP contribution in [0.4, 0.5) is 8.78 Å². The van der Waals surface area contributed by atoms with Crippen molar-refractivity contribution in [1.29, 1.82) is 0 Å². The molecule has 1 aromatic carbocycles. The van der Waals surface area contributed by atoms with Crippen LogP contribution in [0.2, 0.25) is 0 Å². The van der Waals surface area contributed by atoms with Crippen molar-refractivity contribution in [3.05, 3.63) is 27.7 Å². The summed E-state index contributed by atoms with van der Waals surface area (Å²) in [6.07, 6.45) is 0. The maximum Gasteiger partial charge on any atom is 0.202 e. The summed E-state index contributed by atoms with van der Waals surface area (Å²) in [6, 6.07) is 1.04. The molecule has 0 saturated heterocycles. The quantitative estimate of drug-likeness (QED) is 0.615. The first-order valence-electron chi connectivity index (χ1n) is 3.32. The van der Waals surface area contributed by atoms with Gasteiger partial charge in [0.25, 0.3) is 0 Å². The molecule has 0 amide bonds. The average molecular weight is 251 g/mol. The minimum Gasteiger partial charge on any atom is -0.504 e. The normalized spacial score (nSPS) is 10.2. The molecular weight excluding hydrogens is 246 g/mol. The second-order valence-corrected chi connectivity index (χ2v) is 3.29. The van der Waals surface area contributed by atoms with Crippen LogP contribution in [0, 0.1) is 11.6 Å². The zero-order valence-electron chi connectivity index (χ0n) is 6.57. The summed E-state index contributed by atoms with van der Waals surface area (Å²) < 4.78 is 25.7. The van der Waals surface area contributed by atoms with Crippen LogP contribution in [0.5, 0.6) is 5.75 Å². The number of halogens is 3. The number of hydrogen-bond acceptors (Lipinski definition) is 2. The molecule has 0 aromatic heterocycles. The fourth-order valence-corrected chi connectivity index (χ4v) is 1.24. The molecule has 13 heavy (non-hydrogen) atoms. The number of carbonyl (C=O) groups is 1. The van der Waals surface area contributed by atoms with Crippen molar-refractivity contribution in [3.8, 4) is 5.75 Å². The second kappa shape index (κ2) is 3.41. The molecule has 1 N–H and O–H groups in total. The molecule has 70 valence electrons. The highest BCUT2D eigenvalue weighted by molar-refractivity contribution is 9.10. The van der Waals surface area contributed by atoms with Gasteiger partial charge >= 0.3 is 0 Å². The molecule has 0 spiro atoms. The van der Waals surface area contributed by atoms with E-state index in [9.17, 15) is 13.6 Å². The molecule has 0 radical (unpaired) electrons. The molecule has 2 nitrogen and oxygen atoms in total. The first kappa shape index (κ1) is 10.1. The smallest absolute Gasteiger partial charge is 0.202 e. The lowest BCUT2D eigenvalue weighted by molar-refractivity contribution is 0.101. The molecule has 5 heteroatoms. The number of carbonyl (C=O) groups excluding carboxylic acids is 1. The van der Waals surface area contributed by atoms with Crippen molar-refractivity contribution in [1.82, 2.24) is 0 Å². The second-order valence-electron chi connectivity index (χ2n) is 2.44. The average Bonchev–Trinajstić information content (AvgIpc) is 2.07. The lowest BCUT2D eigenvalue weighted by Gasteiger charge is -2.03. The molecule has 0 aliphatic heterocycles. The van der Waals surface area contributed by atoms with Gasteiger partial charge in [0.2, 0.25) is 5.82 Å². The Morgan fingerprint density at radius 2 is 2.00 bits per heavy atom. The van der Waals surface area contributed by atoms with Crippen LogP contribution in [0.1, 0.15) is 17.3 Å². The number of rotatable bonds is 1. The minimum absolute atomic E-state index is 0.0448. The Bertz CT molecular complexity index is 377. The van der Waals surface area contributed by atoms with Gasteiger partial charge in [-0.1, -0.05) is 0 Å². The lowest BCUT2D eigenvalue weighted by atomic mass is 10.1. The van der Waals surface area contributed by atoms with E-state index < -0.39 is 23.2 Å². The predicted molar refractivity (Wildman–Crippen MR) is 45.7 cm³/mol. The van der Waals surface area contributed by atoms with Gasteiger partial charge in [-0.05, 0) is 28.9 Å². The molecule has 0 aliphatic rings. The Morgan fingerprint density at radius 1 is 1.46 bits per heavy atom. The van der Waals surface area contributed by atoms with Crippen LogP contribution >= 0.6 is 15.9 Å². The third kappa shape index (κ3) is 1.70. The van der Waals surface area contributed by atoms with Crippen molar-refractivity contribution in [2.24, 2.45) is 0 Å². The van der Waals surface area contributed by atoms with Crippen molar-refractivity contribution in [3.63, 3.8) is 0 Å². The first-order chi connectivity index (χ1) is 5.95. The van der Waals surface area contributed by atoms with Gasteiger partial charge in [0, 0.05) is 0 Å². The lowest BCUT2D eigenvalue weighted by Crippen LogP contribution is -2.00. The van der Waals surface area contributed by atoms with Crippen molar-refractivity contribution in [2.75, 3.05) is 0 Å². The fourth-order valence-electron chi connectivity index (χ4n) is 0.842. The molecule has 0 heterocycles. The first-order valence-corrected chi connectivity index (χ1v) is 4.12. The summed E-state index contributed by atoms with van der Waals surface area (Å²) in [4.78, 5) is 10.8. The van der Waals surface area contributed by atoms with Gasteiger partial charge in [0.15, 0.2) is 17.3 Å². The molecule has 0 fully saturated rings. The molecule has 1 rings (SSSR count). The SMILES string of the molecule is CC(=O)c1cc(Br)c(O)c(F)c1F. The molecule has 0 atom stereocenters. The number of Topliss-reactive ketones (excluding diaryl/α,β-unsaturated/α-hetero) is 1. The van der Waals surface area contributed by atoms with E-state index in [1.54, 1.807) is 0 Å². The number of ketones is 1. The maximum atomic E-state index is 12.9. The number of phenolic OH excluding ortho intramolecular Hbond substituents is 1. The zero-order chi connectivity index (χ0) is 10.2. The molecule has 1 aromatic rings. The Kier molecular flexibility index (Phi) is 2.66. The summed E-state index contributed by atoms with van der Waals surface area (Å²) in [5, 5.41) is 8.92. The molecule has 0 saturated carbocycles. The highest BCUT2D eigenvalue weighted by atomic mass is 79.9. The summed E-state index contributed by atoms with van der Waals surface area (Å²) in [6.45, 7) is 1.11. The standard InChI is InChI=1S/C8H5BrF2O2/c1-3(12)4-2-5(9)8(13)7(11)6(4)10/h2,13H,1H3. The van der Waals surface area contributed by atoms with Crippen molar-refractivity contribution < 1.29 is 18.7 Å². The summed E-state index contributed by atoms with van der Waals surface area (Å²) in [7, 11) is 0.